The van der Waals surface area contributed by atoms with Crippen LogP contribution in [0.3, 0.4) is 0 Å². The van der Waals surface area contributed by atoms with Gasteiger partial charge in [0, 0.05) is 6.07 Å². The third-order valence-electron chi connectivity index (χ3n) is 0.802. The summed E-state index contributed by atoms with van der Waals surface area (Å²) in [5.74, 6) is -0.912. The highest BCUT2D eigenvalue weighted by Crippen LogP contribution is 2.15. The van der Waals surface area contributed by atoms with Crippen LogP contribution in [0.15, 0.2) is 6.07 Å². The largest absolute Gasteiger partial charge is 0.279 e. The predicted octanol–water partition coefficient (Wildman–Crippen LogP) is 1.49. The number of hydrogen-bond donors (Lipinski definition) is 1. The molecule has 9 heavy (non-hydrogen) atoms. The van der Waals surface area contributed by atoms with Gasteiger partial charge in [0.15, 0.2) is 0 Å². The summed E-state index contributed by atoms with van der Waals surface area (Å²) in [6, 6.07) is 0.657. The van der Waals surface area contributed by atoms with Crippen LogP contribution < -0.4 is 0 Å². The van der Waals surface area contributed by atoms with Gasteiger partial charge in [-0.3, -0.25) is 5.10 Å². The van der Waals surface area contributed by atoms with E-state index in [1.165, 1.54) is 0 Å². The standard InChI is InChI=1S/C4H3F3N2/c5-3-1-2(4(6)7)8-9-3/h1,4H,(H,8,9). The topological polar surface area (TPSA) is 28.7 Å². The molecule has 0 aliphatic rings. The lowest BCUT2D eigenvalue weighted by Crippen LogP contribution is -1.81. The molecule has 0 unspecified atom stereocenters. The van der Waals surface area contributed by atoms with Crippen molar-refractivity contribution in [2.45, 2.75) is 6.43 Å². The van der Waals surface area contributed by atoms with Gasteiger partial charge in [0.1, 0.15) is 5.69 Å². The molecule has 1 rings (SSSR count). The Morgan fingerprint density at radius 3 is 2.44 bits per heavy atom. The maximum absolute atomic E-state index is 11.8. The van der Waals surface area contributed by atoms with E-state index in [0.717, 1.165) is 0 Å². The molecule has 0 aromatic carbocycles. The molecule has 0 bridgehead atoms. The number of H-pyrrole nitrogens is 1. The minimum Gasteiger partial charge on any atom is -0.274 e. The molecular formula is C4H3F3N2. The van der Waals surface area contributed by atoms with E-state index in [0.29, 0.717) is 6.07 Å². The number of aromatic nitrogens is 2. The zero-order valence-electron chi connectivity index (χ0n) is 4.24. The smallest absolute Gasteiger partial charge is 0.274 e. The molecular weight excluding hydrogens is 133 g/mol. The first-order valence-electron chi connectivity index (χ1n) is 2.19. The molecule has 0 atom stereocenters. The highest BCUT2D eigenvalue weighted by Gasteiger charge is 2.09. The molecule has 0 saturated carbocycles. The second kappa shape index (κ2) is 2.08. The summed E-state index contributed by atoms with van der Waals surface area (Å²) in [6.07, 6.45) is -2.68. The van der Waals surface area contributed by atoms with Gasteiger partial charge in [0.2, 0.25) is 5.95 Å². The maximum Gasteiger partial charge on any atom is 0.279 e. The Labute approximate surface area is 48.7 Å². The van der Waals surface area contributed by atoms with Crippen molar-refractivity contribution < 1.29 is 13.2 Å². The van der Waals surface area contributed by atoms with Crippen molar-refractivity contribution in [3.05, 3.63) is 17.7 Å². The van der Waals surface area contributed by atoms with Crippen molar-refractivity contribution in [2.24, 2.45) is 0 Å². The SMILES string of the molecule is Fc1cc(C(F)F)[nH]n1. The molecule has 0 fully saturated rings. The van der Waals surface area contributed by atoms with Crippen LogP contribution in [0.2, 0.25) is 0 Å². The van der Waals surface area contributed by atoms with Crippen molar-refractivity contribution in [1.82, 2.24) is 10.2 Å². The van der Waals surface area contributed by atoms with Crippen LogP contribution in [0.25, 0.3) is 0 Å². The summed E-state index contributed by atoms with van der Waals surface area (Å²) in [4.78, 5) is 0. The lowest BCUT2D eigenvalue weighted by Gasteiger charge is -1.87. The minimum absolute atomic E-state index is 0.493. The van der Waals surface area contributed by atoms with Crippen LogP contribution in [-0.2, 0) is 0 Å². The van der Waals surface area contributed by atoms with Gasteiger partial charge in [-0.05, 0) is 0 Å². The Morgan fingerprint density at radius 1 is 1.56 bits per heavy atom. The second-order valence-electron chi connectivity index (χ2n) is 1.45. The molecule has 0 aliphatic heterocycles. The van der Waals surface area contributed by atoms with E-state index in [-0.39, 0.29) is 0 Å². The van der Waals surface area contributed by atoms with E-state index in [1.54, 1.807) is 0 Å². The molecule has 1 aromatic rings. The summed E-state index contributed by atoms with van der Waals surface area (Å²) in [7, 11) is 0. The van der Waals surface area contributed by atoms with Gasteiger partial charge in [-0.15, -0.1) is 5.10 Å². The van der Waals surface area contributed by atoms with Crippen LogP contribution >= 0.6 is 0 Å². The minimum atomic E-state index is -2.68. The second-order valence-corrected chi connectivity index (χ2v) is 1.45. The highest BCUT2D eigenvalue weighted by atomic mass is 19.3. The van der Waals surface area contributed by atoms with Gasteiger partial charge in [-0.1, -0.05) is 0 Å². The lowest BCUT2D eigenvalue weighted by molar-refractivity contribution is 0.146. The van der Waals surface area contributed by atoms with Gasteiger partial charge in [0.25, 0.3) is 6.43 Å². The molecule has 1 heterocycles. The van der Waals surface area contributed by atoms with Crippen molar-refractivity contribution in [1.29, 1.82) is 0 Å². The fourth-order valence-corrected chi connectivity index (χ4v) is 0.423. The summed E-state index contributed by atoms with van der Waals surface area (Å²) in [5.41, 5.74) is -0.493. The average Bonchev–Trinajstić information content (AvgIpc) is 2.14. The Bertz CT molecular complexity index is 195. The zero-order chi connectivity index (χ0) is 6.85. The third-order valence-corrected chi connectivity index (χ3v) is 0.802. The Hall–Kier alpha value is -1.00. The molecule has 0 radical (unpaired) electrons. The van der Waals surface area contributed by atoms with Crippen LogP contribution in [-0.4, -0.2) is 10.2 Å². The quantitative estimate of drug-likeness (QED) is 0.622. The van der Waals surface area contributed by atoms with E-state index in [9.17, 15) is 13.2 Å². The summed E-state index contributed by atoms with van der Waals surface area (Å²) in [6.45, 7) is 0. The van der Waals surface area contributed by atoms with E-state index in [1.807, 2.05) is 5.10 Å². The highest BCUT2D eigenvalue weighted by molar-refractivity contribution is 4.99. The average molecular weight is 136 g/mol. The number of halogens is 3. The maximum atomic E-state index is 11.8. The van der Waals surface area contributed by atoms with Gasteiger partial charge >= 0.3 is 0 Å². The Morgan fingerprint density at radius 2 is 2.22 bits per heavy atom. The van der Waals surface area contributed by atoms with Gasteiger partial charge in [-0.2, -0.15) is 4.39 Å². The molecule has 0 amide bonds. The molecule has 1 aromatic heterocycles. The van der Waals surface area contributed by atoms with Crippen molar-refractivity contribution in [3.63, 3.8) is 0 Å². The van der Waals surface area contributed by atoms with Crippen LogP contribution in [0.1, 0.15) is 12.1 Å². The first-order chi connectivity index (χ1) is 4.20. The molecule has 2 nitrogen and oxygen atoms in total. The summed E-state index contributed by atoms with van der Waals surface area (Å²) in [5, 5.41) is 4.70. The lowest BCUT2D eigenvalue weighted by atomic mass is 10.5. The zero-order valence-corrected chi connectivity index (χ0v) is 4.24. The monoisotopic (exact) mass is 136 g/mol. The van der Waals surface area contributed by atoms with Gasteiger partial charge < -0.3 is 0 Å². The van der Waals surface area contributed by atoms with E-state index >= 15 is 0 Å². The number of alkyl halides is 2. The summed E-state index contributed by atoms with van der Waals surface area (Å²) >= 11 is 0. The van der Waals surface area contributed by atoms with Gasteiger partial charge in [-0.25, -0.2) is 8.78 Å². The first kappa shape index (κ1) is 6.12. The van der Waals surface area contributed by atoms with E-state index in [2.05, 4.69) is 5.10 Å². The molecule has 0 aliphatic carbocycles. The predicted molar refractivity (Wildman–Crippen MR) is 23.5 cm³/mol. The van der Waals surface area contributed by atoms with Crippen molar-refractivity contribution >= 4 is 0 Å². The molecule has 50 valence electrons. The molecule has 1 N–H and O–H groups in total. The fraction of sp³-hybridized carbons (Fsp3) is 0.250. The first-order valence-corrected chi connectivity index (χ1v) is 2.19. The number of nitrogens with one attached hydrogen (secondary N) is 1. The number of rotatable bonds is 1. The van der Waals surface area contributed by atoms with E-state index < -0.39 is 18.1 Å². The summed E-state index contributed by atoms with van der Waals surface area (Å²) < 4.78 is 34.9. The van der Waals surface area contributed by atoms with Gasteiger partial charge in [0.05, 0.1) is 0 Å². The number of aromatic amines is 1. The third kappa shape index (κ3) is 1.22. The fourth-order valence-electron chi connectivity index (χ4n) is 0.423. The Balaban J connectivity index is 2.85. The van der Waals surface area contributed by atoms with Crippen LogP contribution in [0, 0.1) is 5.95 Å². The van der Waals surface area contributed by atoms with Crippen LogP contribution in [0.4, 0.5) is 13.2 Å². The number of hydrogen-bond acceptors (Lipinski definition) is 1. The van der Waals surface area contributed by atoms with Crippen molar-refractivity contribution in [2.75, 3.05) is 0 Å². The van der Waals surface area contributed by atoms with Crippen molar-refractivity contribution in [3.8, 4) is 0 Å². The Kier molecular flexibility index (Phi) is 1.42. The molecule has 0 spiro atoms. The molecule has 5 heteroatoms. The molecule has 0 saturated heterocycles. The number of nitrogens with zero attached hydrogens (tertiary/aromatic N) is 1. The normalized spacial score (nSPS) is 10.7. The van der Waals surface area contributed by atoms with Crippen LogP contribution in [0.5, 0.6) is 0 Å². The van der Waals surface area contributed by atoms with E-state index in [4.69, 9.17) is 0 Å².